The topological polar surface area (TPSA) is 150 Å². The third-order valence-corrected chi connectivity index (χ3v) is 8.42. The van der Waals surface area contributed by atoms with Crippen LogP contribution in [0.4, 0.5) is 17.7 Å². The summed E-state index contributed by atoms with van der Waals surface area (Å²) in [7, 11) is 1.80. The molecule has 1 aliphatic heterocycles. The van der Waals surface area contributed by atoms with Crippen LogP contribution in [0.15, 0.2) is 53.1 Å². The molecule has 2 aromatic heterocycles. The van der Waals surface area contributed by atoms with Gasteiger partial charge in [0.1, 0.15) is 38.8 Å². The number of nitrogens with one attached hydrogen (secondary N) is 2. The molecular weight excluding hydrogens is 612 g/mol. The largest absolute Gasteiger partial charge is 0.497 e. The van der Waals surface area contributed by atoms with Gasteiger partial charge in [-0.05, 0) is 50.1 Å². The fourth-order valence-electron chi connectivity index (χ4n) is 5.10. The highest BCUT2D eigenvalue weighted by Crippen LogP contribution is 2.38. The Morgan fingerprint density at radius 1 is 0.957 bits per heavy atom. The number of hydrogen-bond donors (Lipinski definition) is 2. The van der Waals surface area contributed by atoms with E-state index in [-0.39, 0.29) is 11.9 Å². The second-order valence-corrected chi connectivity index (χ2v) is 13.1. The molecule has 0 bridgehead atoms. The molecule has 3 heterocycles. The summed E-state index contributed by atoms with van der Waals surface area (Å²) >= 11 is 0. The standard InChI is InChI=1S/C32H40N6O7S/c1-6-33-32-37-29(21-17-24(41-2)20-25(18-21)42-3)30(45-32)26-9-12-34-31(36-26)35-22-7-8-27(28(19-22)43-4)44-23-10-13-38(14-11-23)15-16-46(5,39)40/h7-9,12,17-20,23H,6,10-11,13-16H2,1-5H3,(H,33,37)(H,34,35,36). The Hall–Kier alpha value is -4.56. The smallest absolute Gasteiger partial charge is 0.295 e. The van der Waals surface area contributed by atoms with E-state index < -0.39 is 9.84 Å². The van der Waals surface area contributed by atoms with Gasteiger partial charge in [0, 0.05) is 62.0 Å². The Morgan fingerprint density at radius 3 is 2.35 bits per heavy atom. The van der Waals surface area contributed by atoms with Gasteiger partial charge in [-0.3, -0.25) is 0 Å². The Bertz CT molecular complexity index is 1720. The number of piperidine rings is 1. The molecule has 1 aliphatic rings. The molecule has 0 atom stereocenters. The first-order valence-electron chi connectivity index (χ1n) is 15.0. The van der Waals surface area contributed by atoms with Crippen LogP contribution in [-0.4, -0.2) is 93.9 Å². The fourth-order valence-corrected chi connectivity index (χ4v) is 5.69. The number of oxazole rings is 1. The van der Waals surface area contributed by atoms with Crippen LogP contribution in [-0.2, 0) is 9.84 Å². The van der Waals surface area contributed by atoms with Crippen LogP contribution in [0.2, 0.25) is 0 Å². The predicted octanol–water partition coefficient (Wildman–Crippen LogP) is 4.89. The van der Waals surface area contributed by atoms with Crippen molar-refractivity contribution in [3.8, 4) is 45.7 Å². The van der Waals surface area contributed by atoms with Crippen molar-refractivity contribution in [3.05, 3.63) is 48.7 Å². The summed E-state index contributed by atoms with van der Waals surface area (Å²) in [5.41, 5.74) is 2.55. The molecule has 1 fully saturated rings. The van der Waals surface area contributed by atoms with E-state index in [1.165, 1.54) is 6.26 Å². The molecule has 0 amide bonds. The molecule has 1 saturated heterocycles. The van der Waals surface area contributed by atoms with Gasteiger partial charge in [-0.1, -0.05) is 0 Å². The van der Waals surface area contributed by atoms with Crippen molar-refractivity contribution in [2.45, 2.75) is 25.9 Å². The molecule has 14 heteroatoms. The minimum absolute atomic E-state index is 0.00921. The first-order chi connectivity index (χ1) is 22.2. The molecule has 2 aromatic carbocycles. The van der Waals surface area contributed by atoms with Gasteiger partial charge >= 0.3 is 0 Å². The number of methoxy groups -OCH3 is 3. The fraction of sp³-hybridized carbons (Fsp3) is 0.406. The third-order valence-electron chi connectivity index (χ3n) is 7.49. The van der Waals surface area contributed by atoms with Gasteiger partial charge in [-0.15, -0.1) is 0 Å². The quantitative estimate of drug-likeness (QED) is 0.191. The van der Waals surface area contributed by atoms with Crippen molar-refractivity contribution < 1.29 is 31.8 Å². The molecule has 246 valence electrons. The highest BCUT2D eigenvalue weighted by molar-refractivity contribution is 7.90. The van der Waals surface area contributed by atoms with Crippen LogP contribution < -0.4 is 29.6 Å². The predicted molar refractivity (Wildman–Crippen MR) is 176 cm³/mol. The number of sulfone groups is 1. The van der Waals surface area contributed by atoms with E-state index in [0.717, 1.165) is 31.5 Å². The zero-order chi connectivity index (χ0) is 32.7. The second-order valence-electron chi connectivity index (χ2n) is 10.9. The number of nitrogens with zero attached hydrogens (tertiary/aromatic N) is 4. The van der Waals surface area contributed by atoms with Crippen molar-refractivity contribution in [2.75, 3.05) is 70.2 Å². The van der Waals surface area contributed by atoms with Crippen LogP contribution in [0.3, 0.4) is 0 Å². The molecule has 13 nitrogen and oxygen atoms in total. The first-order valence-corrected chi connectivity index (χ1v) is 17.1. The van der Waals surface area contributed by atoms with Crippen molar-refractivity contribution in [2.24, 2.45) is 0 Å². The van der Waals surface area contributed by atoms with Gasteiger partial charge < -0.3 is 38.9 Å². The summed E-state index contributed by atoms with van der Waals surface area (Å²) in [4.78, 5) is 16.0. The van der Waals surface area contributed by atoms with Crippen molar-refractivity contribution in [1.82, 2.24) is 19.9 Å². The Kier molecular flexibility index (Phi) is 10.5. The van der Waals surface area contributed by atoms with Crippen molar-refractivity contribution >= 4 is 27.5 Å². The summed E-state index contributed by atoms with van der Waals surface area (Å²) in [6, 6.07) is 13.2. The number of ether oxygens (including phenoxy) is 4. The van der Waals surface area contributed by atoms with E-state index in [4.69, 9.17) is 28.3 Å². The molecular formula is C32H40N6O7S. The lowest BCUT2D eigenvalue weighted by Crippen LogP contribution is -2.40. The van der Waals surface area contributed by atoms with Gasteiger partial charge in [0.25, 0.3) is 6.01 Å². The summed E-state index contributed by atoms with van der Waals surface area (Å²) in [5, 5.41) is 6.38. The number of rotatable bonds is 14. The Morgan fingerprint density at radius 2 is 1.70 bits per heavy atom. The monoisotopic (exact) mass is 652 g/mol. The maximum Gasteiger partial charge on any atom is 0.295 e. The number of hydrogen-bond acceptors (Lipinski definition) is 13. The zero-order valence-electron chi connectivity index (χ0n) is 26.7. The van der Waals surface area contributed by atoms with E-state index in [1.54, 1.807) is 39.7 Å². The number of likely N-dealkylation sites (tertiary alicyclic amines) is 1. The molecule has 46 heavy (non-hydrogen) atoms. The molecule has 0 unspecified atom stereocenters. The lowest BCUT2D eigenvalue weighted by atomic mass is 10.1. The highest BCUT2D eigenvalue weighted by atomic mass is 32.2. The molecule has 0 spiro atoms. The average molecular weight is 653 g/mol. The van der Waals surface area contributed by atoms with E-state index >= 15 is 0 Å². The van der Waals surface area contributed by atoms with Crippen LogP contribution >= 0.6 is 0 Å². The maximum atomic E-state index is 11.5. The summed E-state index contributed by atoms with van der Waals surface area (Å²) < 4.78 is 52.0. The molecule has 4 aromatic rings. The summed E-state index contributed by atoms with van der Waals surface area (Å²) in [5.74, 6) is 3.42. The van der Waals surface area contributed by atoms with Crippen LogP contribution in [0.25, 0.3) is 22.7 Å². The SMILES string of the molecule is CCNc1nc(-c2cc(OC)cc(OC)c2)c(-c2ccnc(Nc3ccc(OC4CCN(CCS(C)(=O)=O)CC4)c(OC)c3)n2)o1. The molecule has 0 saturated carbocycles. The van der Waals surface area contributed by atoms with Gasteiger partial charge in [0.2, 0.25) is 5.95 Å². The number of anilines is 3. The average Bonchev–Trinajstić information content (AvgIpc) is 3.49. The van der Waals surface area contributed by atoms with E-state index in [0.29, 0.717) is 70.9 Å². The third kappa shape index (κ3) is 8.37. The number of benzene rings is 2. The first kappa shape index (κ1) is 32.8. The van der Waals surface area contributed by atoms with E-state index in [2.05, 4.69) is 25.5 Å². The Labute approximate surface area is 269 Å². The molecule has 2 N–H and O–H groups in total. The number of aromatic nitrogens is 3. The van der Waals surface area contributed by atoms with Gasteiger partial charge in [-0.2, -0.15) is 4.98 Å². The lowest BCUT2D eigenvalue weighted by molar-refractivity contribution is 0.101. The summed E-state index contributed by atoms with van der Waals surface area (Å²) in [6.45, 7) is 4.70. The van der Waals surface area contributed by atoms with Crippen molar-refractivity contribution in [1.29, 1.82) is 0 Å². The zero-order valence-corrected chi connectivity index (χ0v) is 27.5. The maximum absolute atomic E-state index is 11.5. The lowest BCUT2D eigenvalue weighted by Gasteiger charge is -2.32. The molecule has 0 radical (unpaired) electrons. The van der Waals surface area contributed by atoms with Gasteiger partial charge in [0.15, 0.2) is 17.3 Å². The minimum atomic E-state index is -2.98. The van der Waals surface area contributed by atoms with Crippen molar-refractivity contribution in [3.63, 3.8) is 0 Å². The molecule has 5 rings (SSSR count). The highest BCUT2D eigenvalue weighted by Gasteiger charge is 2.23. The normalized spacial score (nSPS) is 14.1. The Balaban J connectivity index is 1.32. The second kappa shape index (κ2) is 14.7. The van der Waals surface area contributed by atoms with Gasteiger partial charge in [-0.25, -0.2) is 18.4 Å². The minimum Gasteiger partial charge on any atom is -0.497 e. The van der Waals surface area contributed by atoms with Crippen LogP contribution in [0, 0.1) is 0 Å². The van der Waals surface area contributed by atoms with Crippen LogP contribution in [0.1, 0.15) is 19.8 Å². The van der Waals surface area contributed by atoms with E-state index in [9.17, 15) is 8.42 Å². The molecule has 0 aliphatic carbocycles. The summed E-state index contributed by atoms with van der Waals surface area (Å²) in [6.07, 6.45) is 4.53. The van der Waals surface area contributed by atoms with E-state index in [1.807, 2.05) is 37.3 Å². The van der Waals surface area contributed by atoms with Crippen LogP contribution in [0.5, 0.6) is 23.0 Å². The van der Waals surface area contributed by atoms with Gasteiger partial charge in [0.05, 0.1) is 27.1 Å².